The van der Waals surface area contributed by atoms with E-state index in [4.69, 9.17) is 0 Å². The molecule has 116 valence electrons. The Balaban J connectivity index is 1.96. The molecule has 3 N–H and O–H groups in total. The molecule has 2 rings (SSSR count). The summed E-state index contributed by atoms with van der Waals surface area (Å²) < 4.78 is 0. The Morgan fingerprint density at radius 2 is 2.09 bits per heavy atom. The Morgan fingerprint density at radius 1 is 1.36 bits per heavy atom. The number of carbonyl (C=O) groups is 2. The number of thiazole rings is 1. The van der Waals surface area contributed by atoms with Gasteiger partial charge in [0.05, 0.1) is 23.0 Å². The van der Waals surface area contributed by atoms with E-state index in [1.54, 1.807) is 0 Å². The Bertz CT molecular complexity index is 726. The molecule has 0 saturated heterocycles. The predicted molar refractivity (Wildman–Crippen MR) is 76.5 cm³/mol. The van der Waals surface area contributed by atoms with E-state index in [1.807, 2.05) is 0 Å². The molecule has 0 aliphatic carbocycles. The van der Waals surface area contributed by atoms with Crippen LogP contribution in [0, 0.1) is 6.92 Å². The van der Waals surface area contributed by atoms with Crippen LogP contribution >= 0.6 is 11.3 Å². The monoisotopic (exact) mass is 321 g/mol. The third kappa shape index (κ3) is 3.73. The van der Waals surface area contributed by atoms with Gasteiger partial charge in [-0.2, -0.15) is 0 Å². The topological polar surface area (TPSA) is 123 Å². The Kier molecular flexibility index (Phi) is 4.62. The molecule has 8 heteroatoms. The number of aromatic nitrogens is 1. The van der Waals surface area contributed by atoms with Crippen molar-refractivity contribution < 1.29 is 24.9 Å². The molecule has 0 unspecified atom stereocenters. The second kappa shape index (κ2) is 6.44. The number of phenolic OH excluding ortho intramolecular Hbond substituents is 2. The molecule has 0 aliphatic rings. The minimum Gasteiger partial charge on any atom is -0.544 e. The smallest absolute Gasteiger partial charge is 0.227 e. The lowest BCUT2D eigenvalue weighted by Crippen LogP contribution is -2.24. The SMILES string of the molecule is Cc1nc(CC(=O)NCc2ccc(O)cc2O)sc1C(=O)[O-]. The highest BCUT2D eigenvalue weighted by atomic mass is 32.1. The summed E-state index contributed by atoms with van der Waals surface area (Å²) in [7, 11) is 0. The Morgan fingerprint density at radius 3 is 2.68 bits per heavy atom. The van der Waals surface area contributed by atoms with Crippen molar-refractivity contribution in [2.45, 2.75) is 19.9 Å². The standard InChI is InChI=1S/C14H14N2O5S/c1-7-13(14(20)21)22-12(16-7)5-11(19)15-6-8-2-3-9(17)4-10(8)18/h2-4,17-18H,5-6H2,1H3,(H,15,19)(H,20,21)/p-1. The zero-order chi connectivity index (χ0) is 16.3. The van der Waals surface area contributed by atoms with Crippen LogP contribution in [0.25, 0.3) is 0 Å². The first kappa shape index (κ1) is 15.8. The first-order valence-corrected chi connectivity index (χ1v) is 7.13. The van der Waals surface area contributed by atoms with Crippen LogP contribution in [0.1, 0.15) is 25.9 Å². The van der Waals surface area contributed by atoms with Crippen LogP contribution in [0.4, 0.5) is 0 Å². The van der Waals surface area contributed by atoms with Gasteiger partial charge in [0.25, 0.3) is 0 Å². The van der Waals surface area contributed by atoms with Crippen molar-refractivity contribution in [2.75, 3.05) is 0 Å². The van der Waals surface area contributed by atoms with Gasteiger partial charge in [-0.3, -0.25) is 4.79 Å². The minimum absolute atomic E-state index is 0.0129. The number of phenols is 2. The van der Waals surface area contributed by atoms with Crippen LogP contribution in [0.3, 0.4) is 0 Å². The van der Waals surface area contributed by atoms with Crippen LogP contribution in [-0.2, 0) is 17.8 Å². The van der Waals surface area contributed by atoms with E-state index < -0.39 is 5.97 Å². The molecule has 0 atom stereocenters. The van der Waals surface area contributed by atoms with Crippen LogP contribution < -0.4 is 10.4 Å². The Hall–Kier alpha value is -2.61. The van der Waals surface area contributed by atoms with Gasteiger partial charge < -0.3 is 25.4 Å². The zero-order valence-corrected chi connectivity index (χ0v) is 12.4. The summed E-state index contributed by atoms with van der Waals surface area (Å²) in [6, 6.07) is 4.07. The molecule has 0 aliphatic heterocycles. The number of carbonyl (C=O) groups excluding carboxylic acids is 2. The minimum atomic E-state index is -1.31. The molecule has 0 saturated carbocycles. The number of carboxylic acids is 1. The number of nitrogens with zero attached hydrogens (tertiary/aromatic N) is 1. The molecule has 1 aromatic heterocycles. The van der Waals surface area contributed by atoms with Gasteiger partial charge in [-0.05, 0) is 19.1 Å². The van der Waals surface area contributed by atoms with Crippen LogP contribution in [0.15, 0.2) is 18.2 Å². The molecule has 7 nitrogen and oxygen atoms in total. The summed E-state index contributed by atoms with van der Waals surface area (Å²) in [6.07, 6.45) is -0.0579. The van der Waals surface area contributed by atoms with Gasteiger partial charge in [-0.15, -0.1) is 11.3 Å². The molecule has 1 amide bonds. The number of nitrogens with one attached hydrogen (secondary N) is 1. The largest absolute Gasteiger partial charge is 0.544 e. The summed E-state index contributed by atoms with van der Waals surface area (Å²) in [5.74, 6) is -1.85. The molecule has 1 aromatic carbocycles. The average Bonchev–Trinajstić information content (AvgIpc) is 2.78. The van der Waals surface area contributed by atoms with E-state index in [-0.39, 0.29) is 35.2 Å². The number of carboxylic acid groups (broad SMARTS) is 1. The number of aryl methyl sites for hydroxylation is 1. The van der Waals surface area contributed by atoms with Gasteiger partial charge in [0.15, 0.2) is 0 Å². The highest BCUT2D eigenvalue weighted by Crippen LogP contribution is 2.22. The maximum Gasteiger partial charge on any atom is 0.227 e. The van der Waals surface area contributed by atoms with Crippen molar-refractivity contribution in [1.82, 2.24) is 10.3 Å². The number of benzene rings is 1. The van der Waals surface area contributed by atoms with Crippen molar-refractivity contribution in [2.24, 2.45) is 0 Å². The first-order chi connectivity index (χ1) is 10.4. The van der Waals surface area contributed by atoms with Gasteiger partial charge in [0, 0.05) is 18.2 Å². The lowest BCUT2D eigenvalue weighted by atomic mass is 10.2. The molecule has 22 heavy (non-hydrogen) atoms. The van der Waals surface area contributed by atoms with E-state index in [1.165, 1.54) is 25.1 Å². The van der Waals surface area contributed by atoms with Crippen molar-refractivity contribution >= 4 is 23.2 Å². The summed E-state index contributed by atoms with van der Waals surface area (Å²) in [4.78, 5) is 26.6. The fourth-order valence-electron chi connectivity index (χ4n) is 1.81. The quantitative estimate of drug-likeness (QED) is 0.717. The van der Waals surface area contributed by atoms with Crippen molar-refractivity contribution in [3.63, 3.8) is 0 Å². The van der Waals surface area contributed by atoms with Crippen molar-refractivity contribution in [3.8, 4) is 11.5 Å². The second-order valence-corrected chi connectivity index (χ2v) is 5.66. The van der Waals surface area contributed by atoms with E-state index >= 15 is 0 Å². The second-order valence-electron chi connectivity index (χ2n) is 4.58. The highest BCUT2D eigenvalue weighted by molar-refractivity contribution is 7.13. The van der Waals surface area contributed by atoms with E-state index in [0.29, 0.717) is 16.3 Å². The van der Waals surface area contributed by atoms with Gasteiger partial charge in [-0.25, -0.2) is 4.98 Å². The van der Waals surface area contributed by atoms with E-state index in [9.17, 15) is 24.9 Å². The number of hydrogen-bond donors (Lipinski definition) is 3. The molecule has 0 bridgehead atoms. The van der Waals surface area contributed by atoms with E-state index in [0.717, 1.165) is 11.3 Å². The molecule has 2 aromatic rings. The maximum atomic E-state index is 11.8. The number of hydrogen-bond acceptors (Lipinski definition) is 7. The zero-order valence-electron chi connectivity index (χ0n) is 11.6. The fraction of sp³-hybridized carbons (Fsp3) is 0.214. The van der Waals surface area contributed by atoms with Gasteiger partial charge in [0.2, 0.25) is 5.91 Å². The molecule has 0 fully saturated rings. The third-order valence-electron chi connectivity index (χ3n) is 2.88. The Labute approximate surface area is 129 Å². The normalized spacial score (nSPS) is 10.4. The molecule has 0 radical (unpaired) electrons. The van der Waals surface area contributed by atoms with Crippen molar-refractivity contribution in [3.05, 3.63) is 39.3 Å². The number of amides is 1. The summed E-state index contributed by atoms with van der Waals surface area (Å²) in [6.45, 7) is 1.63. The fourth-order valence-corrected chi connectivity index (χ4v) is 2.71. The molecular formula is C14H13N2O5S-. The van der Waals surface area contributed by atoms with Crippen LogP contribution in [-0.4, -0.2) is 27.1 Å². The van der Waals surface area contributed by atoms with Gasteiger partial charge in [-0.1, -0.05) is 0 Å². The summed E-state index contributed by atoms with van der Waals surface area (Å²) >= 11 is 0.906. The lowest BCUT2D eigenvalue weighted by Gasteiger charge is -2.06. The number of aromatic hydroxyl groups is 2. The van der Waals surface area contributed by atoms with E-state index in [2.05, 4.69) is 10.3 Å². The van der Waals surface area contributed by atoms with Crippen LogP contribution in [0.2, 0.25) is 0 Å². The van der Waals surface area contributed by atoms with Gasteiger partial charge in [0.1, 0.15) is 16.5 Å². The molecule has 1 heterocycles. The summed E-state index contributed by atoms with van der Waals surface area (Å²) in [5.41, 5.74) is 0.779. The summed E-state index contributed by atoms with van der Waals surface area (Å²) in [5, 5.41) is 32.6. The number of rotatable bonds is 5. The predicted octanol–water partition coefficient (Wildman–Crippen LogP) is 0.0851. The lowest BCUT2D eigenvalue weighted by molar-refractivity contribution is -0.254. The molecule has 0 spiro atoms. The van der Waals surface area contributed by atoms with Gasteiger partial charge >= 0.3 is 0 Å². The van der Waals surface area contributed by atoms with Crippen molar-refractivity contribution in [1.29, 1.82) is 0 Å². The average molecular weight is 321 g/mol. The first-order valence-electron chi connectivity index (χ1n) is 6.32. The third-order valence-corrected chi connectivity index (χ3v) is 4.02. The number of aromatic carboxylic acids is 1. The highest BCUT2D eigenvalue weighted by Gasteiger charge is 2.12. The van der Waals surface area contributed by atoms with Crippen LogP contribution in [0.5, 0.6) is 11.5 Å². The molecular weight excluding hydrogens is 308 g/mol. The maximum absolute atomic E-state index is 11.8.